The van der Waals surface area contributed by atoms with Crippen molar-refractivity contribution in [2.75, 3.05) is 0 Å². The van der Waals surface area contributed by atoms with Gasteiger partial charge in [0.25, 0.3) is 0 Å². The van der Waals surface area contributed by atoms with E-state index in [0.29, 0.717) is 11.7 Å². The van der Waals surface area contributed by atoms with Gasteiger partial charge in [-0.05, 0) is 30.5 Å². The van der Waals surface area contributed by atoms with Gasteiger partial charge in [-0.1, -0.05) is 19.1 Å². The van der Waals surface area contributed by atoms with Crippen LogP contribution in [0.4, 0.5) is 0 Å². The first kappa shape index (κ1) is 11.3. The lowest BCUT2D eigenvalue weighted by molar-refractivity contribution is 0.463. The van der Waals surface area contributed by atoms with Crippen molar-refractivity contribution in [3.63, 3.8) is 0 Å². The van der Waals surface area contributed by atoms with Gasteiger partial charge in [0.1, 0.15) is 11.6 Å². The zero-order valence-electron chi connectivity index (χ0n) is 10.6. The standard InChI is InChI=1S/C15H18N2O/c1-11-3-2-8-17-10-13(16-15(11)17)9-12-4-6-14(18)7-5-12/h4-7,10-11,18H,2-3,8-9H2,1H3. The zero-order valence-corrected chi connectivity index (χ0v) is 10.6. The maximum atomic E-state index is 9.27. The second-order valence-electron chi connectivity index (χ2n) is 5.17. The fourth-order valence-electron chi connectivity index (χ4n) is 2.66. The number of phenolic OH excluding ortho intramolecular Hbond substituents is 1. The average Bonchev–Trinajstić information content (AvgIpc) is 2.76. The van der Waals surface area contributed by atoms with Crippen LogP contribution in [0, 0.1) is 0 Å². The first-order valence-corrected chi connectivity index (χ1v) is 6.56. The highest BCUT2D eigenvalue weighted by Gasteiger charge is 2.18. The van der Waals surface area contributed by atoms with E-state index in [1.807, 2.05) is 12.1 Å². The van der Waals surface area contributed by atoms with E-state index in [1.165, 1.54) is 24.2 Å². The summed E-state index contributed by atoms with van der Waals surface area (Å²) in [4.78, 5) is 4.75. The Bertz CT molecular complexity index is 542. The summed E-state index contributed by atoms with van der Waals surface area (Å²) in [5.41, 5.74) is 2.32. The highest BCUT2D eigenvalue weighted by molar-refractivity contribution is 5.28. The van der Waals surface area contributed by atoms with E-state index < -0.39 is 0 Å². The van der Waals surface area contributed by atoms with Crippen molar-refractivity contribution >= 4 is 0 Å². The minimum atomic E-state index is 0.316. The Kier molecular flexibility index (Phi) is 2.82. The second-order valence-corrected chi connectivity index (χ2v) is 5.17. The predicted octanol–water partition coefficient (Wildman–Crippen LogP) is 3.08. The third kappa shape index (κ3) is 2.13. The molecule has 1 aliphatic rings. The molecule has 0 amide bonds. The second kappa shape index (κ2) is 4.48. The average molecular weight is 242 g/mol. The maximum Gasteiger partial charge on any atom is 0.115 e. The van der Waals surface area contributed by atoms with Gasteiger partial charge in [-0.15, -0.1) is 0 Å². The highest BCUT2D eigenvalue weighted by Crippen LogP contribution is 2.26. The minimum Gasteiger partial charge on any atom is -0.508 e. The van der Waals surface area contributed by atoms with E-state index in [9.17, 15) is 5.11 Å². The van der Waals surface area contributed by atoms with Crippen LogP contribution in [0.15, 0.2) is 30.5 Å². The molecular formula is C15H18N2O. The van der Waals surface area contributed by atoms with E-state index in [0.717, 1.165) is 18.7 Å². The molecule has 1 aliphatic heterocycles. The summed E-state index contributed by atoms with van der Waals surface area (Å²) in [5.74, 6) is 2.12. The summed E-state index contributed by atoms with van der Waals surface area (Å²) in [6, 6.07) is 7.37. The van der Waals surface area contributed by atoms with Crippen LogP contribution in [-0.4, -0.2) is 14.7 Å². The smallest absolute Gasteiger partial charge is 0.115 e. The molecule has 94 valence electrons. The van der Waals surface area contributed by atoms with Crippen LogP contribution in [0.3, 0.4) is 0 Å². The summed E-state index contributed by atoms with van der Waals surface area (Å²) >= 11 is 0. The Morgan fingerprint density at radius 1 is 1.33 bits per heavy atom. The number of nitrogens with zero attached hydrogens (tertiary/aromatic N) is 2. The highest BCUT2D eigenvalue weighted by atomic mass is 16.3. The first-order chi connectivity index (χ1) is 8.72. The molecule has 18 heavy (non-hydrogen) atoms. The zero-order chi connectivity index (χ0) is 12.5. The molecule has 2 heterocycles. The summed E-state index contributed by atoms with van der Waals surface area (Å²) in [5, 5.41) is 9.27. The predicted molar refractivity (Wildman–Crippen MR) is 70.8 cm³/mol. The van der Waals surface area contributed by atoms with E-state index in [-0.39, 0.29) is 0 Å². The fourth-order valence-corrected chi connectivity index (χ4v) is 2.66. The van der Waals surface area contributed by atoms with E-state index in [4.69, 9.17) is 4.98 Å². The summed E-state index contributed by atoms with van der Waals surface area (Å²) in [6.07, 6.45) is 5.52. The van der Waals surface area contributed by atoms with Crippen molar-refractivity contribution in [2.24, 2.45) is 0 Å². The lowest BCUT2D eigenvalue weighted by Crippen LogP contribution is -2.12. The van der Waals surface area contributed by atoms with Crippen LogP contribution in [0.2, 0.25) is 0 Å². The van der Waals surface area contributed by atoms with E-state index >= 15 is 0 Å². The van der Waals surface area contributed by atoms with Gasteiger partial charge in [0.2, 0.25) is 0 Å². The maximum absolute atomic E-state index is 9.27. The van der Waals surface area contributed by atoms with Crippen LogP contribution in [-0.2, 0) is 13.0 Å². The number of aromatic nitrogens is 2. The van der Waals surface area contributed by atoms with Crippen molar-refractivity contribution in [1.29, 1.82) is 0 Å². The number of aryl methyl sites for hydroxylation is 1. The van der Waals surface area contributed by atoms with Crippen LogP contribution in [0.25, 0.3) is 0 Å². The van der Waals surface area contributed by atoms with Gasteiger partial charge in [-0.25, -0.2) is 4.98 Å². The Morgan fingerprint density at radius 3 is 2.83 bits per heavy atom. The fraction of sp³-hybridized carbons (Fsp3) is 0.400. The SMILES string of the molecule is CC1CCCn2cc(Cc3ccc(O)cc3)nc21. The Morgan fingerprint density at radius 2 is 2.11 bits per heavy atom. The molecule has 1 N–H and O–H groups in total. The van der Waals surface area contributed by atoms with Crippen molar-refractivity contribution in [2.45, 2.75) is 38.6 Å². The molecule has 1 atom stereocenters. The van der Waals surface area contributed by atoms with Crippen molar-refractivity contribution < 1.29 is 5.11 Å². The van der Waals surface area contributed by atoms with E-state index in [1.54, 1.807) is 12.1 Å². The number of imidazole rings is 1. The summed E-state index contributed by atoms with van der Waals surface area (Å²) in [7, 11) is 0. The van der Waals surface area contributed by atoms with Crippen LogP contribution < -0.4 is 0 Å². The van der Waals surface area contributed by atoms with Gasteiger partial charge < -0.3 is 9.67 Å². The quantitative estimate of drug-likeness (QED) is 0.878. The molecule has 3 heteroatoms. The molecule has 0 radical (unpaired) electrons. The number of fused-ring (bicyclic) bond motifs is 1. The molecule has 0 spiro atoms. The number of rotatable bonds is 2. The van der Waals surface area contributed by atoms with Gasteiger partial charge in [-0.2, -0.15) is 0 Å². The van der Waals surface area contributed by atoms with Crippen LogP contribution in [0.1, 0.15) is 42.8 Å². The van der Waals surface area contributed by atoms with Crippen LogP contribution in [0.5, 0.6) is 5.75 Å². The minimum absolute atomic E-state index is 0.316. The Balaban J connectivity index is 1.83. The lowest BCUT2D eigenvalue weighted by atomic mass is 10.0. The molecule has 1 unspecified atom stereocenters. The first-order valence-electron chi connectivity index (χ1n) is 6.56. The number of hydrogen-bond donors (Lipinski definition) is 1. The van der Waals surface area contributed by atoms with Crippen LogP contribution >= 0.6 is 0 Å². The monoisotopic (exact) mass is 242 g/mol. The molecular weight excluding hydrogens is 224 g/mol. The molecule has 0 bridgehead atoms. The van der Waals surface area contributed by atoms with Crippen molar-refractivity contribution in [1.82, 2.24) is 9.55 Å². The Hall–Kier alpha value is -1.77. The molecule has 2 aromatic rings. The van der Waals surface area contributed by atoms with Gasteiger partial charge in [0.05, 0.1) is 5.69 Å². The summed E-state index contributed by atoms with van der Waals surface area (Å²) in [6.45, 7) is 3.35. The third-order valence-corrected chi connectivity index (χ3v) is 3.66. The molecule has 0 saturated carbocycles. The van der Waals surface area contributed by atoms with E-state index in [2.05, 4.69) is 17.7 Å². The largest absolute Gasteiger partial charge is 0.508 e. The lowest BCUT2D eigenvalue weighted by Gasteiger charge is -2.19. The molecule has 1 aromatic heterocycles. The number of hydrogen-bond acceptors (Lipinski definition) is 2. The topological polar surface area (TPSA) is 38.0 Å². The molecule has 1 aromatic carbocycles. The third-order valence-electron chi connectivity index (χ3n) is 3.66. The normalized spacial score (nSPS) is 18.6. The molecule has 3 rings (SSSR count). The Labute approximate surface area is 107 Å². The molecule has 0 fully saturated rings. The molecule has 0 aliphatic carbocycles. The van der Waals surface area contributed by atoms with Crippen molar-refractivity contribution in [3.05, 3.63) is 47.5 Å². The van der Waals surface area contributed by atoms with Gasteiger partial charge in [-0.3, -0.25) is 0 Å². The number of benzene rings is 1. The number of aromatic hydroxyl groups is 1. The molecule has 0 saturated heterocycles. The van der Waals surface area contributed by atoms with Gasteiger partial charge >= 0.3 is 0 Å². The van der Waals surface area contributed by atoms with Gasteiger partial charge in [0, 0.05) is 25.1 Å². The number of phenols is 1. The van der Waals surface area contributed by atoms with Gasteiger partial charge in [0.15, 0.2) is 0 Å². The molecule has 3 nitrogen and oxygen atoms in total. The van der Waals surface area contributed by atoms with Crippen molar-refractivity contribution in [3.8, 4) is 5.75 Å². The summed E-state index contributed by atoms with van der Waals surface area (Å²) < 4.78 is 2.30.